The number of nitrogens with zero attached hydrogens (tertiary/aromatic N) is 4. The van der Waals surface area contributed by atoms with Crippen LogP contribution in [-0.2, 0) is 6.42 Å². The number of hydrogen-bond donors (Lipinski definition) is 0. The van der Waals surface area contributed by atoms with Crippen LogP contribution in [0.5, 0.6) is 0 Å². The predicted molar refractivity (Wildman–Crippen MR) is 96.0 cm³/mol. The third-order valence-corrected chi connectivity index (χ3v) is 4.16. The second-order valence-electron chi connectivity index (χ2n) is 6.15. The summed E-state index contributed by atoms with van der Waals surface area (Å²) in [6.45, 7) is 1.49. The van der Waals surface area contributed by atoms with Crippen molar-refractivity contribution < 1.29 is 18.1 Å². The maximum atomic E-state index is 13.9. The maximum Gasteiger partial charge on any atom is 0.257 e. The first kappa shape index (κ1) is 17.7. The largest absolute Gasteiger partial charge is 0.334 e. The van der Waals surface area contributed by atoms with Gasteiger partial charge < -0.3 is 4.52 Å². The lowest BCUT2D eigenvalue weighted by Crippen LogP contribution is -2.03. The van der Waals surface area contributed by atoms with Crippen molar-refractivity contribution in [1.29, 1.82) is 0 Å². The average Bonchev–Trinajstić information content (AvgIpc) is 3.32. The van der Waals surface area contributed by atoms with Crippen LogP contribution in [0.3, 0.4) is 0 Å². The first-order valence-corrected chi connectivity index (χ1v) is 8.44. The maximum absolute atomic E-state index is 13.9. The molecule has 0 aliphatic carbocycles. The van der Waals surface area contributed by atoms with Gasteiger partial charge in [-0.1, -0.05) is 23.4 Å². The molecular weight excluding hydrogens is 366 g/mol. The van der Waals surface area contributed by atoms with E-state index >= 15 is 0 Å². The molecule has 0 saturated carbocycles. The number of halogens is 2. The number of Topliss-reactive ketones (excluding diaryl/α,β-unsaturated/α-hetero) is 1. The Bertz CT molecular complexity index is 1130. The third kappa shape index (κ3) is 3.44. The van der Waals surface area contributed by atoms with E-state index in [2.05, 4.69) is 15.2 Å². The van der Waals surface area contributed by atoms with Crippen molar-refractivity contribution in [1.82, 2.24) is 19.9 Å². The van der Waals surface area contributed by atoms with E-state index in [1.807, 2.05) is 0 Å². The number of hydrogen-bond acceptors (Lipinski definition) is 5. The molecule has 0 aliphatic rings. The zero-order valence-corrected chi connectivity index (χ0v) is 14.8. The number of ketones is 1. The molecule has 2 aromatic carbocycles. The fourth-order valence-electron chi connectivity index (χ4n) is 2.74. The van der Waals surface area contributed by atoms with Crippen molar-refractivity contribution in [2.45, 2.75) is 13.3 Å². The van der Waals surface area contributed by atoms with E-state index in [0.717, 1.165) is 4.68 Å². The van der Waals surface area contributed by atoms with Crippen LogP contribution in [-0.4, -0.2) is 25.7 Å². The molecule has 0 saturated heterocycles. The summed E-state index contributed by atoms with van der Waals surface area (Å²) in [7, 11) is 0. The molecule has 0 amide bonds. The summed E-state index contributed by atoms with van der Waals surface area (Å²) < 4.78 is 34.2. The zero-order chi connectivity index (χ0) is 19.7. The Balaban J connectivity index is 1.53. The quantitative estimate of drug-likeness (QED) is 0.490. The normalized spacial score (nSPS) is 11.0. The van der Waals surface area contributed by atoms with Crippen molar-refractivity contribution in [2.75, 3.05) is 0 Å². The molecule has 2 aromatic heterocycles. The van der Waals surface area contributed by atoms with Gasteiger partial charge in [0.15, 0.2) is 23.2 Å². The smallest absolute Gasteiger partial charge is 0.257 e. The van der Waals surface area contributed by atoms with Crippen LogP contribution in [0.1, 0.15) is 28.8 Å². The molecule has 0 N–H and O–H groups in total. The molecule has 0 bridgehead atoms. The molecule has 0 atom stereocenters. The molecule has 0 fully saturated rings. The Kier molecular flexibility index (Phi) is 4.52. The first-order chi connectivity index (χ1) is 13.5. The molecule has 0 spiro atoms. The van der Waals surface area contributed by atoms with Crippen molar-refractivity contribution in [2.24, 2.45) is 0 Å². The molecule has 0 unspecified atom stereocenters. The second kappa shape index (κ2) is 7.15. The van der Waals surface area contributed by atoms with Gasteiger partial charge in [0.25, 0.3) is 5.89 Å². The number of carbonyl (C=O) groups is 1. The number of aromatic nitrogens is 4. The number of benzene rings is 2. The topological polar surface area (TPSA) is 73.8 Å². The lowest BCUT2D eigenvalue weighted by atomic mass is 10.1. The minimum Gasteiger partial charge on any atom is -0.334 e. The summed E-state index contributed by atoms with van der Waals surface area (Å²) in [4.78, 5) is 15.6. The van der Waals surface area contributed by atoms with Crippen molar-refractivity contribution in [3.05, 3.63) is 83.4 Å². The molecule has 4 aromatic rings. The highest BCUT2D eigenvalue weighted by atomic mass is 19.1. The summed E-state index contributed by atoms with van der Waals surface area (Å²) in [5.41, 5.74) is 1.56. The van der Waals surface area contributed by atoms with Gasteiger partial charge in [0.05, 0.1) is 12.1 Å². The molecule has 140 valence electrons. The monoisotopic (exact) mass is 380 g/mol. The van der Waals surface area contributed by atoms with Gasteiger partial charge in [0.2, 0.25) is 0 Å². The van der Waals surface area contributed by atoms with Crippen LogP contribution in [0.2, 0.25) is 0 Å². The number of carbonyl (C=O) groups excluding carboxylic acids is 1. The average molecular weight is 380 g/mol. The fraction of sp³-hybridized carbons (Fsp3) is 0.100. The van der Waals surface area contributed by atoms with Crippen molar-refractivity contribution >= 4 is 5.78 Å². The second-order valence-corrected chi connectivity index (χ2v) is 6.15. The Morgan fingerprint density at radius 2 is 1.79 bits per heavy atom. The van der Waals surface area contributed by atoms with Gasteiger partial charge in [-0.05, 0) is 37.3 Å². The van der Waals surface area contributed by atoms with Gasteiger partial charge >= 0.3 is 0 Å². The van der Waals surface area contributed by atoms with Crippen molar-refractivity contribution in [3.63, 3.8) is 0 Å². The molecule has 2 heterocycles. The van der Waals surface area contributed by atoms with E-state index in [1.54, 1.807) is 30.3 Å². The molecule has 28 heavy (non-hydrogen) atoms. The van der Waals surface area contributed by atoms with Crippen molar-refractivity contribution in [3.8, 4) is 17.1 Å². The molecule has 6 nitrogen and oxygen atoms in total. The number of rotatable bonds is 5. The van der Waals surface area contributed by atoms with Gasteiger partial charge in [-0.25, -0.2) is 13.5 Å². The van der Waals surface area contributed by atoms with Crippen LogP contribution in [0, 0.1) is 11.6 Å². The summed E-state index contributed by atoms with van der Waals surface area (Å²) in [5, 5.41) is 8.10. The molecular formula is C20H14F2N4O2. The van der Waals surface area contributed by atoms with Crippen LogP contribution in [0.4, 0.5) is 8.78 Å². The van der Waals surface area contributed by atoms with Crippen LogP contribution >= 0.6 is 0 Å². The summed E-state index contributed by atoms with van der Waals surface area (Å²) in [5.74, 6) is -0.745. The predicted octanol–water partition coefficient (Wildman–Crippen LogP) is 3.99. The van der Waals surface area contributed by atoms with Gasteiger partial charge in [-0.15, -0.1) is 0 Å². The summed E-state index contributed by atoms with van der Waals surface area (Å²) in [6, 6.07) is 12.1. The minimum atomic E-state index is -0.703. The van der Waals surface area contributed by atoms with Gasteiger partial charge in [-0.2, -0.15) is 10.1 Å². The highest BCUT2D eigenvalue weighted by Crippen LogP contribution is 2.20. The van der Waals surface area contributed by atoms with Gasteiger partial charge in [0, 0.05) is 17.3 Å². The lowest BCUT2D eigenvalue weighted by molar-refractivity contribution is 0.101. The highest BCUT2D eigenvalue weighted by molar-refractivity contribution is 5.94. The lowest BCUT2D eigenvalue weighted by Gasteiger charge is -2.03. The Morgan fingerprint density at radius 3 is 2.46 bits per heavy atom. The fourth-order valence-corrected chi connectivity index (χ4v) is 2.74. The Morgan fingerprint density at radius 1 is 1.07 bits per heavy atom. The standard InChI is InChI=1S/C20H14F2N4O2/c1-12(27)13-5-7-14(8-6-13)20-23-18(25-28-20)11-15-9-10-26(24-15)19-16(21)3-2-4-17(19)22/h2-10H,11H2,1H3. The van der Waals surface area contributed by atoms with E-state index in [1.165, 1.54) is 31.3 Å². The van der Waals surface area contributed by atoms with E-state index < -0.39 is 11.6 Å². The van der Waals surface area contributed by atoms with E-state index in [9.17, 15) is 13.6 Å². The SMILES string of the molecule is CC(=O)c1ccc(-c2nc(Cc3ccn(-c4c(F)cccc4F)n3)no2)cc1. The van der Waals surface area contributed by atoms with Gasteiger partial charge in [0.1, 0.15) is 5.69 Å². The summed E-state index contributed by atoms with van der Waals surface area (Å²) >= 11 is 0. The minimum absolute atomic E-state index is 0.0281. The van der Waals surface area contributed by atoms with Crippen LogP contribution in [0.25, 0.3) is 17.1 Å². The molecule has 8 heteroatoms. The highest BCUT2D eigenvalue weighted by Gasteiger charge is 2.14. The van der Waals surface area contributed by atoms with E-state index in [4.69, 9.17) is 4.52 Å². The van der Waals surface area contributed by atoms with E-state index in [-0.39, 0.29) is 17.9 Å². The summed E-state index contributed by atoms with van der Waals surface area (Å²) in [6.07, 6.45) is 1.70. The first-order valence-electron chi connectivity index (χ1n) is 8.44. The Hall–Kier alpha value is -3.68. The Labute approximate surface area is 158 Å². The van der Waals surface area contributed by atoms with Crippen LogP contribution in [0.15, 0.2) is 59.3 Å². The molecule has 0 aliphatic heterocycles. The third-order valence-electron chi connectivity index (χ3n) is 4.16. The van der Waals surface area contributed by atoms with Crippen LogP contribution < -0.4 is 0 Å². The molecule has 0 radical (unpaired) electrons. The zero-order valence-electron chi connectivity index (χ0n) is 14.8. The van der Waals surface area contributed by atoms with Gasteiger partial charge in [-0.3, -0.25) is 4.79 Å². The number of para-hydroxylation sites is 1. The molecule has 4 rings (SSSR count). The van der Waals surface area contributed by atoms with E-state index in [0.29, 0.717) is 28.5 Å².